The van der Waals surface area contributed by atoms with Crippen molar-refractivity contribution in [2.24, 2.45) is 0 Å². The van der Waals surface area contributed by atoms with E-state index in [2.05, 4.69) is 190 Å². The molecule has 0 aliphatic carbocycles. The predicted molar refractivity (Wildman–Crippen MR) is 219 cm³/mol. The molecule has 0 bridgehead atoms. The molecule has 4 aromatic heterocycles. The fraction of sp³-hybridized carbons (Fsp3) is 0.0833. The van der Waals surface area contributed by atoms with Crippen LogP contribution in [-0.4, -0.2) is 33.1 Å². The van der Waals surface area contributed by atoms with Gasteiger partial charge in [0.05, 0.1) is 0 Å². The molecule has 0 unspecified atom stereocenters. The summed E-state index contributed by atoms with van der Waals surface area (Å²) in [6.45, 7) is 0.867. The predicted octanol–water partition coefficient (Wildman–Crippen LogP) is 11.4. The van der Waals surface area contributed by atoms with Crippen LogP contribution < -0.4 is 9.47 Å². The molecule has 6 nitrogen and oxygen atoms in total. The first kappa shape index (κ1) is 31.8. The molecule has 0 aliphatic heterocycles. The second-order valence-corrected chi connectivity index (χ2v) is 13.9. The van der Waals surface area contributed by atoms with Gasteiger partial charge in [-0.15, -0.1) is 0 Å². The van der Waals surface area contributed by atoms with Gasteiger partial charge in [-0.25, -0.2) is 0 Å². The first-order chi connectivity index (χ1) is 26.8. The van der Waals surface area contributed by atoms with Gasteiger partial charge in [0.25, 0.3) is 0 Å². The van der Waals surface area contributed by atoms with Gasteiger partial charge in [0.2, 0.25) is 0 Å². The van der Waals surface area contributed by atoms with Gasteiger partial charge in [0.1, 0.15) is 24.7 Å². The molecule has 10 aromatic rings. The van der Waals surface area contributed by atoms with E-state index in [1.165, 1.54) is 54.9 Å². The van der Waals surface area contributed by atoms with Gasteiger partial charge in [-0.1, -0.05) is 97.1 Å². The van der Waals surface area contributed by atoms with Crippen molar-refractivity contribution in [2.75, 3.05) is 13.2 Å². The number of fused-ring (bicyclic) bond motifs is 4. The molecule has 0 saturated heterocycles. The summed E-state index contributed by atoms with van der Waals surface area (Å²) in [5, 5.41) is 4.91. The smallest absolute Gasteiger partial charge is 0.122 e. The third-order valence-corrected chi connectivity index (χ3v) is 10.8. The quantitative estimate of drug-likeness (QED) is 0.101. The zero-order valence-electron chi connectivity index (χ0n) is 29.6. The van der Waals surface area contributed by atoms with Gasteiger partial charge in [-0.3, -0.25) is 0 Å². The summed E-state index contributed by atoms with van der Waals surface area (Å²) in [5.74, 6) is 1.72. The largest absolute Gasteiger partial charge is 0.490 e. The molecule has 0 saturated carbocycles. The molecule has 0 fully saturated rings. The Hall–Kier alpha value is -6.92. The maximum atomic E-state index is 6.18. The lowest BCUT2D eigenvalue weighted by atomic mass is 9.85. The Balaban J connectivity index is 0.850. The van der Waals surface area contributed by atoms with Crippen LogP contribution in [0.2, 0.25) is 0 Å². The zero-order valence-corrected chi connectivity index (χ0v) is 29.6. The molecule has 10 rings (SSSR count). The maximum Gasteiger partial charge on any atom is 0.122 e. The van der Waals surface area contributed by atoms with E-state index in [4.69, 9.17) is 9.47 Å². The Morgan fingerprint density at radius 2 is 0.611 bits per heavy atom. The maximum absolute atomic E-state index is 6.18. The number of hydrogen-bond donors (Lipinski definition) is 4. The Morgan fingerprint density at radius 1 is 0.333 bits per heavy atom. The molecular formula is C48H38N4O2. The summed E-state index contributed by atoms with van der Waals surface area (Å²) in [6, 6.07) is 51.0. The highest BCUT2D eigenvalue weighted by Gasteiger charge is 2.25. The first-order valence-corrected chi connectivity index (χ1v) is 18.5. The number of para-hydroxylation sites is 4. The second kappa shape index (κ2) is 13.6. The lowest BCUT2D eigenvalue weighted by molar-refractivity contribution is 0.217. The standard InChI is InChI=1S/C48H38N4O2/c1-5-13-43-35(9-1)39(27-49-43)47(40-28-50-44-14-6-2-10-36(40)44)31-17-21-33(22-18-31)53-25-26-54-34-23-19-32(20-24-34)48(41-29-51-45-15-7-3-11-37(41)45)42-30-52-46-16-8-4-12-38(42)46/h1-24,27-30,47-52H,25-26H2. The molecule has 0 amide bonds. The van der Waals surface area contributed by atoms with E-state index in [0.29, 0.717) is 13.2 Å². The van der Waals surface area contributed by atoms with Crippen LogP contribution in [0.15, 0.2) is 170 Å². The molecule has 0 atom stereocenters. The third kappa shape index (κ3) is 5.69. The number of aromatic nitrogens is 4. The van der Waals surface area contributed by atoms with Crippen molar-refractivity contribution >= 4 is 43.6 Å². The topological polar surface area (TPSA) is 81.6 Å². The molecule has 0 spiro atoms. The average molecular weight is 703 g/mol. The van der Waals surface area contributed by atoms with Gasteiger partial charge >= 0.3 is 0 Å². The molecule has 54 heavy (non-hydrogen) atoms. The SMILES string of the molecule is c1ccc2c(C(c3ccc(OCCOc4ccc(C(c5c[nH]c6ccccc56)c5c[nH]c6ccccc56)cc4)cc3)c3c[nH]c4ccccc34)c[nH]c2c1. The summed E-state index contributed by atoms with van der Waals surface area (Å²) in [7, 11) is 0. The van der Waals surface area contributed by atoms with Crippen molar-refractivity contribution in [3.8, 4) is 11.5 Å². The van der Waals surface area contributed by atoms with Crippen molar-refractivity contribution in [1.29, 1.82) is 0 Å². The number of H-pyrrole nitrogens is 4. The van der Waals surface area contributed by atoms with E-state index < -0.39 is 0 Å². The van der Waals surface area contributed by atoms with Gasteiger partial charge in [0.15, 0.2) is 0 Å². The Labute approximate surface area is 312 Å². The lowest BCUT2D eigenvalue weighted by Gasteiger charge is -2.18. The van der Waals surface area contributed by atoms with E-state index in [1.807, 2.05) is 0 Å². The van der Waals surface area contributed by atoms with Crippen molar-refractivity contribution in [2.45, 2.75) is 11.8 Å². The summed E-state index contributed by atoms with van der Waals surface area (Å²) < 4.78 is 12.4. The van der Waals surface area contributed by atoms with Gasteiger partial charge in [0, 0.05) is 80.2 Å². The van der Waals surface area contributed by atoms with Crippen LogP contribution in [0.5, 0.6) is 11.5 Å². The third-order valence-electron chi connectivity index (χ3n) is 10.8. The number of hydrogen-bond acceptors (Lipinski definition) is 2. The van der Waals surface area contributed by atoms with Crippen LogP contribution in [0, 0.1) is 0 Å². The summed E-state index contributed by atoms with van der Waals surface area (Å²) >= 11 is 0. The van der Waals surface area contributed by atoms with Crippen molar-refractivity contribution < 1.29 is 9.47 Å². The summed E-state index contributed by atoms with van der Waals surface area (Å²) in [6.07, 6.45) is 8.60. The van der Waals surface area contributed by atoms with Gasteiger partial charge in [-0.05, 0) is 81.9 Å². The number of nitrogens with one attached hydrogen (secondary N) is 4. The molecule has 0 aliphatic rings. The van der Waals surface area contributed by atoms with Crippen molar-refractivity contribution in [1.82, 2.24) is 19.9 Å². The first-order valence-electron chi connectivity index (χ1n) is 18.5. The molecule has 6 heteroatoms. The zero-order chi connectivity index (χ0) is 35.8. The molecule has 6 aromatic carbocycles. The average Bonchev–Trinajstić information content (AvgIpc) is 4.05. The van der Waals surface area contributed by atoms with E-state index in [-0.39, 0.29) is 11.8 Å². The van der Waals surface area contributed by atoms with Crippen LogP contribution in [0.4, 0.5) is 0 Å². The highest BCUT2D eigenvalue weighted by atomic mass is 16.5. The number of benzene rings is 6. The number of ether oxygens (including phenoxy) is 2. The fourth-order valence-corrected chi connectivity index (χ4v) is 8.22. The van der Waals surface area contributed by atoms with Crippen molar-refractivity contribution in [3.63, 3.8) is 0 Å². The summed E-state index contributed by atoms with van der Waals surface area (Å²) in [4.78, 5) is 14.0. The number of aromatic amines is 4. The Kier molecular flexibility index (Phi) is 7.99. The van der Waals surface area contributed by atoms with Crippen LogP contribution in [0.1, 0.15) is 45.2 Å². The Bertz CT molecular complexity index is 2510. The monoisotopic (exact) mass is 702 g/mol. The molecule has 4 N–H and O–H groups in total. The highest BCUT2D eigenvalue weighted by Crippen LogP contribution is 2.41. The van der Waals surface area contributed by atoms with Crippen molar-refractivity contribution in [3.05, 3.63) is 204 Å². The van der Waals surface area contributed by atoms with Crippen LogP contribution >= 0.6 is 0 Å². The van der Waals surface area contributed by atoms with E-state index in [0.717, 1.165) is 33.6 Å². The van der Waals surface area contributed by atoms with E-state index >= 15 is 0 Å². The molecule has 4 heterocycles. The van der Waals surface area contributed by atoms with Crippen LogP contribution in [0.3, 0.4) is 0 Å². The minimum Gasteiger partial charge on any atom is -0.490 e. The summed E-state index contributed by atoms with van der Waals surface area (Å²) in [5.41, 5.74) is 11.9. The van der Waals surface area contributed by atoms with E-state index in [1.54, 1.807) is 0 Å². The molecule has 0 radical (unpaired) electrons. The van der Waals surface area contributed by atoms with Crippen LogP contribution in [-0.2, 0) is 0 Å². The van der Waals surface area contributed by atoms with Gasteiger partial charge in [-0.2, -0.15) is 0 Å². The fourth-order valence-electron chi connectivity index (χ4n) is 8.22. The minimum absolute atomic E-state index is 0.0455. The highest BCUT2D eigenvalue weighted by molar-refractivity contribution is 5.90. The van der Waals surface area contributed by atoms with Gasteiger partial charge < -0.3 is 29.4 Å². The van der Waals surface area contributed by atoms with Crippen LogP contribution in [0.25, 0.3) is 43.6 Å². The minimum atomic E-state index is 0.0455. The normalized spacial score (nSPS) is 11.8. The second-order valence-electron chi connectivity index (χ2n) is 13.9. The molecule has 262 valence electrons. The molecular weight excluding hydrogens is 665 g/mol. The number of rotatable bonds is 11. The Morgan fingerprint density at radius 3 is 0.907 bits per heavy atom. The lowest BCUT2D eigenvalue weighted by Crippen LogP contribution is -2.09. The van der Waals surface area contributed by atoms with E-state index in [9.17, 15) is 0 Å².